The zero-order valence-corrected chi connectivity index (χ0v) is 17.1. The van der Waals surface area contributed by atoms with Crippen LogP contribution in [0.15, 0.2) is 36.4 Å². The molecule has 0 aromatic heterocycles. The highest BCUT2D eigenvalue weighted by atomic mass is 35.5. The Balaban J connectivity index is 1.71. The van der Waals surface area contributed by atoms with E-state index in [-0.39, 0.29) is 11.8 Å². The molecule has 2 N–H and O–H groups in total. The number of rotatable bonds is 6. The molecule has 2 aromatic rings. The van der Waals surface area contributed by atoms with Gasteiger partial charge in [-0.1, -0.05) is 29.3 Å². The molecule has 0 aliphatic carbocycles. The van der Waals surface area contributed by atoms with Crippen LogP contribution in [0, 0.1) is 0 Å². The molecule has 8 heteroatoms. The van der Waals surface area contributed by atoms with E-state index in [0.29, 0.717) is 40.1 Å². The smallest absolute Gasteiger partial charge is 0.246 e. The Morgan fingerprint density at radius 3 is 2.71 bits per heavy atom. The normalized spacial score (nSPS) is 14.7. The molecular formula is C20H21Cl2N3O3. The lowest BCUT2D eigenvalue weighted by Gasteiger charge is -2.21. The topological polar surface area (TPSA) is 70.7 Å². The lowest BCUT2D eigenvalue weighted by molar-refractivity contribution is -0.117. The number of benzene rings is 2. The van der Waals surface area contributed by atoms with Gasteiger partial charge >= 0.3 is 0 Å². The zero-order valence-electron chi connectivity index (χ0n) is 15.6. The molecular weight excluding hydrogens is 401 g/mol. The minimum absolute atomic E-state index is 0.0881. The number of carbonyl (C=O) groups is 2. The summed E-state index contributed by atoms with van der Waals surface area (Å²) in [5.41, 5.74) is 1.89. The van der Waals surface area contributed by atoms with Crippen molar-refractivity contribution in [3.8, 4) is 5.75 Å². The second-order valence-corrected chi connectivity index (χ2v) is 7.28. The lowest BCUT2D eigenvalue weighted by atomic mass is 10.2. The minimum Gasteiger partial charge on any atom is -0.494 e. The zero-order chi connectivity index (χ0) is 20.3. The summed E-state index contributed by atoms with van der Waals surface area (Å²) in [6.45, 7) is 2.42. The molecule has 148 valence electrons. The van der Waals surface area contributed by atoms with Crippen LogP contribution < -0.4 is 20.3 Å². The first-order chi connectivity index (χ1) is 13.4. The second kappa shape index (κ2) is 8.71. The van der Waals surface area contributed by atoms with Crippen molar-refractivity contribution < 1.29 is 14.3 Å². The van der Waals surface area contributed by atoms with E-state index in [1.807, 2.05) is 12.1 Å². The van der Waals surface area contributed by atoms with E-state index < -0.39 is 6.04 Å². The maximum Gasteiger partial charge on any atom is 0.246 e. The van der Waals surface area contributed by atoms with Crippen LogP contribution in [-0.4, -0.2) is 31.5 Å². The summed E-state index contributed by atoms with van der Waals surface area (Å²) in [6, 6.07) is 9.92. The van der Waals surface area contributed by atoms with Gasteiger partial charge in [0.05, 0.1) is 28.5 Å². The predicted octanol–water partition coefficient (Wildman–Crippen LogP) is 4.57. The molecule has 28 heavy (non-hydrogen) atoms. The van der Waals surface area contributed by atoms with Gasteiger partial charge in [0.1, 0.15) is 11.8 Å². The van der Waals surface area contributed by atoms with Crippen molar-refractivity contribution >= 4 is 52.1 Å². The number of halogens is 2. The number of anilines is 3. The maximum atomic E-state index is 12.5. The first-order valence-electron chi connectivity index (χ1n) is 8.90. The summed E-state index contributed by atoms with van der Waals surface area (Å²) in [7, 11) is 1.56. The van der Waals surface area contributed by atoms with Gasteiger partial charge in [-0.3, -0.25) is 9.59 Å². The fourth-order valence-corrected chi connectivity index (χ4v) is 3.40. The highest BCUT2D eigenvalue weighted by molar-refractivity contribution is 6.44. The molecule has 2 amide bonds. The van der Waals surface area contributed by atoms with E-state index in [0.717, 1.165) is 12.1 Å². The predicted molar refractivity (Wildman–Crippen MR) is 113 cm³/mol. The third kappa shape index (κ3) is 4.34. The van der Waals surface area contributed by atoms with Crippen molar-refractivity contribution in [1.29, 1.82) is 0 Å². The average Bonchev–Trinajstić information content (AvgIpc) is 3.11. The average molecular weight is 422 g/mol. The van der Waals surface area contributed by atoms with Crippen LogP contribution in [0.3, 0.4) is 0 Å². The van der Waals surface area contributed by atoms with Gasteiger partial charge in [-0.15, -0.1) is 0 Å². The number of hydrogen-bond donors (Lipinski definition) is 2. The third-order valence-corrected chi connectivity index (χ3v) is 5.35. The highest BCUT2D eigenvalue weighted by Gasteiger charge is 2.25. The SMILES string of the molecule is COc1cc(N[C@H](C)C(=O)Nc2cccc(Cl)c2Cl)ccc1N1CCCC1=O. The first kappa shape index (κ1) is 20.3. The first-order valence-corrected chi connectivity index (χ1v) is 9.66. The maximum absolute atomic E-state index is 12.5. The molecule has 0 spiro atoms. The second-order valence-electron chi connectivity index (χ2n) is 6.49. The van der Waals surface area contributed by atoms with Gasteiger partial charge in [-0.25, -0.2) is 0 Å². The summed E-state index contributed by atoms with van der Waals surface area (Å²) in [5, 5.41) is 6.56. The number of amides is 2. The van der Waals surface area contributed by atoms with Crippen LogP contribution in [0.25, 0.3) is 0 Å². The summed E-state index contributed by atoms with van der Waals surface area (Å²) in [5.74, 6) is 0.401. The minimum atomic E-state index is -0.543. The molecule has 1 aliphatic heterocycles. The third-order valence-electron chi connectivity index (χ3n) is 4.53. The fraction of sp³-hybridized carbons (Fsp3) is 0.300. The van der Waals surface area contributed by atoms with Gasteiger partial charge in [0.25, 0.3) is 0 Å². The largest absolute Gasteiger partial charge is 0.494 e. The molecule has 1 aliphatic rings. The Kier molecular flexibility index (Phi) is 6.31. The van der Waals surface area contributed by atoms with E-state index in [1.165, 1.54) is 0 Å². The van der Waals surface area contributed by atoms with Crippen LogP contribution in [0.1, 0.15) is 19.8 Å². The number of nitrogens with zero attached hydrogens (tertiary/aromatic N) is 1. The number of ether oxygens (including phenoxy) is 1. The molecule has 0 bridgehead atoms. The Morgan fingerprint density at radius 2 is 2.04 bits per heavy atom. The summed E-state index contributed by atoms with van der Waals surface area (Å²) >= 11 is 12.1. The van der Waals surface area contributed by atoms with Gasteiger partial charge in [0.15, 0.2) is 0 Å². The molecule has 0 radical (unpaired) electrons. The molecule has 0 unspecified atom stereocenters. The van der Waals surface area contributed by atoms with Crippen molar-refractivity contribution in [2.45, 2.75) is 25.8 Å². The number of nitrogens with one attached hydrogen (secondary N) is 2. The summed E-state index contributed by atoms with van der Waals surface area (Å²) < 4.78 is 5.45. The van der Waals surface area contributed by atoms with Crippen molar-refractivity contribution in [2.75, 3.05) is 29.2 Å². The van der Waals surface area contributed by atoms with Crippen LogP contribution in [-0.2, 0) is 9.59 Å². The highest BCUT2D eigenvalue weighted by Crippen LogP contribution is 2.34. The molecule has 6 nitrogen and oxygen atoms in total. The number of carbonyl (C=O) groups excluding carboxylic acids is 2. The standard InChI is InChI=1S/C20H21Cl2N3O3/c1-12(20(27)24-15-6-3-5-14(21)19(15)22)23-13-8-9-16(17(11-13)28-2)25-10-4-7-18(25)26/h3,5-6,8-9,11-12,23H,4,7,10H2,1-2H3,(H,24,27)/t12-/m1/s1. The van der Waals surface area contributed by atoms with Gasteiger partial charge in [-0.05, 0) is 37.6 Å². The van der Waals surface area contributed by atoms with Crippen molar-refractivity contribution in [1.82, 2.24) is 0 Å². The van der Waals surface area contributed by atoms with Crippen molar-refractivity contribution in [3.05, 3.63) is 46.4 Å². The Morgan fingerprint density at radius 1 is 1.25 bits per heavy atom. The van der Waals surface area contributed by atoms with Gasteiger partial charge in [0.2, 0.25) is 11.8 Å². The van der Waals surface area contributed by atoms with Crippen molar-refractivity contribution in [3.63, 3.8) is 0 Å². The van der Waals surface area contributed by atoms with Crippen LogP contribution >= 0.6 is 23.2 Å². The van der Waals surface area contributed by atoms with Crippen LogP contribution in [0.2, 0.25) is 10.0 Å². The molecule has 1 saturated heterocycles. The van der Waals surface area contributed by atoms with Crippen LogP contribution in [0.4, 0.5) is 17.1 Å². The van der Waals surface area contributed by atoms with Gasteiger partial charge in [0, 0.05) is 24.7 Å². The van der Waals surface area contributed by atoms with Crippen molar-refractivity contribution in [2.24, 2.45) is 0 Å². The van der Waals surface area contributed by atoms with E-state index in [9.17, 15) is 9.59 Å². The van der Waals surface area contributed by atoms with E-state index >= 15 is 0 Å². The van der Waals surface area contributed by atoms with Gasteiger partial charge in [-0.2, -0.15) is 0 Å². The quantitative estimate of drug-likeness (QED) is 0.716. The Bertz CT molecular complexity index is 904. The van der Waals surface area contributed by atoms with E-state index in [2.05, 4.69) is 10.6 Å². The fourth-order valence-electron chi connectivity index (χ4n) is 3.05. The summed E-state index contributed by atoms with van der Waals surface area (Å²) in [4.78, 5) is 26.2. The molecule has 2 aromatic carbocycles. The van der Waals surface area contributed by atoms with Gasteiger partial charge < -0.3 is 20.3 Å². The Labute approximate surface area is 173 Å². The molecule has 1 atom stereocenters. The monoisotopic (exact) mass is 421 g/mol. The van der Waals surface area contributed by atoms with Crippen LogP contribution in [0.5, 0.6) is 5.75 Å². The molecule has 3 rings (SSSR count). The molecule has 1 fully saturated rings. The molecule has 1 heterocycles. The Hall–Kier alpha value is -2.44. The molecule has 0 saturated carbocycles. The van der Waals surface area contributed by atoms with E-state index in [4.69, 9.17) is 27.9 Å². The van der Waals surface area contributed by atoms with E-state index in [1.54, 1.807) is 43.2 Å². The summed E-state index contributed by atoms with van der Waals surface area (Å²) in [6.07, 6.45) is 1.39. The number of hydrogen-bond acceptors (Lipinski definition) is 4. The number of methoxy groups -OCH3 is 1. The lowest BCUT2D eigenvalue weighted by Crippen LogP contribution is -2.32.